The van der Waals surface area contributed by atoms with E-state index in [9.17, 15) is 9.50 Å². The summed E-state index contributed by atoms with van der Waals surface area (Å²) in [6.45, 7) is 0.863. The van der Waals surface area contributed by atoms with Gasteiger partial charge in [0.25, 0.3) is 0 Å². The molecule has 2 N–H and O–H groups in total. The number of hydrogen-bond donors (Lipinski definition) is 2. The number of anilines is 1. The molecule has 4 heteroatoms. The second kappa shape index (κ2) is 5.34. The van der Waals surface area contributed by atoms with Crippen molar-refractivity contribution in [1.29, 1.82) is 0 Å². The van der Waals surface area contributed by atoms with Crippen molar-refractivity contribution in [2.75, 3.05) is 25.1 Å². The van der Waals surface area contributed by atoms with Gasteiger partial charge in [-0.2, -0.15) is 0 Å². The number of benzene rings is 1. The van der Waals surface area contributed by atoms with E-state index in [4.69, 9.17) is 0 Å². The van der Waals surface area contributed by atoms with Gasteiger partial charge in [-0.3, -0.25) is 0 Å². The predicted octanol–water partition coefficient (Wildman–Crippen LogP) is 2.15. The Labute approximate surface area is 119 Å². The first-order valence-electron chi connectivity index (χ1n) is 7.48. The summed E-state index contributed by atoms with van der Waals surface area (Å²) >= 11 is 0. The molecule has 110 valence electrons. The fourth-order valence-electron chi connectivity index (χ4n) is 3.02. The SMILES string of the molecule is CN(CC(CO)(NC1CC1)C1CC1)c1cccc(F)c1. The average molecular weight is 278 g/mol. The normalized spacial score (nSPS) is 21.6. The highest BCUT2D eigenvalue weighted by Gasteiger charge is 2.47. The Morgan fingerprint density at radius 2 is 2.10 bits per heavy atom. The zero-order valence-corrected chi connectivity index (χ0v) is 12.0. The molecule has 0 aliphatic heterocycles. The smallest absolute Gasteiger partial charge is 0.125 e. The van der Waals surface area contributed by atoms with E-state index in [0.29, 0.717) is 18.5 Å². The van der Waals surface area contributed by atoms with Crippen molar-refractivity contribution >= 4 is 5.69 Å². The third kappa shape index (κ3) is 2.96. The number of nitrogens with zero attached hydrogens (tertiary/aromatic N) is 1. The van der Waals surface area contributed by atoms with Crippen molar-refractivity contribution in [3.63, 3.8) is 0 Å². The minimum absolute atomic E-state index is 0.147. The molecule has 1 aromatic rings. The molecule has 3 nitrogen and oxygen atoms in total. The fraction of sp³-hybridized carbons (Fsp3) is 0.625. The van der Waals surface area contributed by atoms with Crippen molar-refractivity contribution < 1.29 is 9.50 Å². The van der Waals surface area contributed by atoms with Crippen LogP contribution in [-0.2, 0) is 0 Å². The first-order valence-corrected chi connectivity index (χ1v) is 7.48. The Balaban J connectivity index is 1.74. The van der Waals surface area contributed by atoms with E-state index < -0.39 is 0 Å². The van der Waals surface area contributed by atoms with Crippen LogP contribution in [-0.4, -0.2) is 36.9 Å². The minimum Gasteiger partial charge on any atom is -0.394 e. The molecule has 3 rings (SSSR count). The van der Waals surface area contributed by atoms with Gasteiger partial charge in [-0.25, -0.2) is 4.39 Å². The molecule has 0 spiro atoms. The lowest BCUT2D eigenvalue weighted by Crippen LogP contribution is -2.58. The second-order valence-electron chi connectivity index (χ2n) is 6.34. The summed E-state index contributed by atoms with van der Waals surface area (Å²) in [5.41, 5.74) is 0.628. The van der Waals surface area contributed by atoms with E-state index in [1.54, 1.807) is 12.1 Å². The number of halogens is 1. The van der Waals surface area contributed by atoms with E-state index in [1.807, 2.05) is 18.0 Å². The molecule has 0 amide bonds. The molecule has 2 saturated carbocycles. The molecule has 2 aliphatic rings. The molecule has 1 aromatic carbocycles. The summed E-state index contributed by atoms with van der Waals surface area (Å²) in [6.07, 6.45) is 4.77. The zero-order valence-electron chi connectivity index (χ0n) is 12.0. The quantitative estimate of drug-likeness (QED) is 0.802. The number of nitrogens with one attached hydrogen (secondary N) is 1. The van der Waals surface area contributed by atoms with Gasteiger partial charge in [-0.1, -0.05) is 6.07 Å². The Bertz CT molecular complexity index is 473. The molecule has 0 aromatic heterocycles. The van der Waals surface area contributed by atoms with Crippen LogP contribution in [0.4, 0.5) is 10.1 Å². The summed E-state index contributed by atoms with van der Waals surface area (Å²) < 4.78 is 13.3. The van der Waals surface area contributed by atoms with Crippen molar-refractivity contribution in [3.8, 4) is 0 Å². The fourth-order valence-corrected chi connectivity index (χ4v) is 3.02. The topological polar surface area (TPSA) is 35.5 Å². The molecule has 0 saturated heterocycles. The lowest BCUT2D eigenvalue weighted by molar-refractivity contribution is 0.142. The molecule has 2 aliphatic carbocycles. The van der Waals surface area contributed by atoms with Crippen LogP contribution in [0.3, 0.4) is 0 Å². The maximum Gasteiger partial charge on any atom is 0.125 e. The van der Waals surface area contributed by atoms with Crippen molar-refractivity contribution in [2.24, 2.45) is 5.92 Å². The maximum absolute atomic E-state index is 13.3. The number of aliphatic hydroxyl groups excluding tert-OH is 1. The molecule has 1 atom stereocenters. The Hall–Kier alpha value is -1.13. The van der Waals surface area contributed by atoms with Crippen LogP contribution in [0.2, 0.25) is 0 Å². The summed E-state index contributed by atoms with van der Waals surface area (Å²) in [6, 6.07) is 7.21. The van der Waals surface area contributed by atoms with Gasteiger partial charge >= 0.3 is 0 Å². The van der Waals surface area contributed by atoms with E-state index >= 15 is 0 Å². The molecule has 0 radical (unpaired) electrons. The number of rotatable bonds is 7. The van der Waals surface area contributed by atoms with E-state index in [0.717, 1.165) is 5.69 Å². The Kier molecular flexibility index (Phi) is 3.69. The van der Waals surface area contributed by atoms with Crippen molar-refractivity contribution in [3.05, 3.63) is 30.1 Å². The highest BCUT2D eigenvalue weighted by molar-refractivity contribution is 5.46. The predicted molar refractivity (Wildman–Crippen MR) is 78.4 cm³/mol. The van der Waals surface area contributed by atoms with Crippen LogP contribution in [0.25, 0.3) is 0 Å². The van der Waals surface area contributed by atoms with Crippen LogP contribution >= 0.6 is 0 Å². The molecule has 1 unspecified atom stereocenters. The summed E-state index contributed by atoms with van der Waals surface area (Å²) in [5, 5.41) is 13.6. The molecule has 0 heterocycles. The standard InChI is InChI=1S/C16H23FN2O/c1-19(15-4-2-3-13(17)9-15)10-16(11-20,12-5-6-12)18-14-7-8-14/h2-4,9,12,14,18,20H,5-8,10-11H2,1H3. The first-order chi connectivity index (χ1) is 9.63. The van der Waals surface area contributed by atoms with Gasteiger partial charge < -0.3 is 15.3 Å². The molecular formula is C16H23FN2O. The van der Waals surface area contributed by atoms with Gasteiger partial charge in [0, 0.05) is 25.3 Å². The largest absolute Gasteiger partial charge is 0.394 e. The van der Waals surface area contributed by atoms with Crippen molar-refractivity contribution in [2.45, 2.75) is 37.3 Å². The molecule has 2 fully saturated rings. The van der Waals surface area contributed by atoms with Gasteiger partial charge in [0.05, 0.1) is 12.1 Å². The first kappa shape index (κ1) is 13.8. The zero-order chi connectivity index (χ0) is 14.2. The van der Waals surface area contributed by atoms with E-state index in [2.05, 4.69) is 5.32 Å². The highest BCUT2D eigenvalue weighted by atomic mass is 19.1. The van der Waals surface area contributed by atoms with Crippen LogP contribution in [0, 0.1) is 11.7 Å². The lowest BCUT2D eigenvalue weighted by atomic mass is 9.92. The van der Waals surface area contributed by atoms with Gasteiger partial charge in [-0.15, -0.1) is 0 Å². The van der Waals surface area contributed by atoms with E-state index in [1.165, 1.54) is 31.7 Å². The molecule has 20 heavy (non-hydrogen) atoms. The van der Waals surface area contributed by atoms with Gasteiger partial charge in [0.15, 0.2) is 0 Å². The third-order valence-electron chi connectivity index (χ3n) is 4.48. The van der Waals surface area contributed by atoms with Crippen LogP contribution in [0.1, 0.15) is 25.7 Å². The Morgan fingerprint density at radius 1 is 1.35 bits per heavy atom. The summed E-state index contributed by atoms with van der Waals surface area (Å²) in [7, 11) is 1.97. The lowest BCUT2D eigenvalue weighted by Gasteiger charge is -2.38. The third-order valence-corrected chi connectivity index (χ3v) is 4.48. The number of hydrogen-bond acceptors (Lipinski definition) is 3. The minimum atomic E-state index is -0.234. The van der Waals surface area contributed by atoms with Gasteiger partial charge in [-0.05, 0) is 49.8 Å². The number of aliphatic hydroxyl groups is 1. The van der Waals surface area contributed by atoms with Crippen molar-refractivity contribution in [1.82, 2.24) is 5.32 Å². The van der Waals surface area contributed by atoms with Gasteiger partial charge in [0.2, 0.25) is 0 Å². The number of likely N-dealkylation sites (N-methyl/N-ethyl adjacent to an activating group) is 1. The average Bonchev–Trinajstić information content (AvgIpc) is 3.30. The second-order valence-corrected chi connectivity index (χ2v) is 6.34. The van der Waals surface area contributed by atoms with Gasteiger partial charge in [0.1, 0.15) is 5.82 Å². The monoisotopic (exact) mass is 278 g/mol. The van der Waals surface area contributed by atoms with Crippen LogP contribution in [0.5, 0.6) is 0 Å². The molecular weight excluding hydrogens is 255 g/mol. The maximum atomic E-state index is 13.3. The van der Waals surface area contributed by atoms with E-state index in [-0.39, 0.29) is 18.0 Å². The van der Waals surface area contributed by atoms with Crippen LogP contribution < -0.4 is 10.2 Å². The summed E-state index contributed by atoms with van der Waals surface area (Å²) in [4.78, 5) is 2.05. The van der Waals surface area contributed by atoms with Crippen LogP contribution in [0.15, 0.2) is 24.3 Å². The Morgan fingerprint density at radius 3 is 2.65 bits per heavy atom. The summed E-state index contributed by atoms with van der Waals surface area (Å²) in [5.74, 6) is 0.328. The highest BCUT2D eigenvalue weighted by Crippen LogP contribution is 2.42. The molecule has 0 bridgehead atoms.